The summed E-state index contributed by atoms with van der Waals surface area (Å²) < 4.78 is 0. The van der Waals surface area contributed by atoms with E-state index in [1.165, 1.54) is 0 Å². The monoisotopic (exact) mass is 325 g/mol. The molecule has 3 N–H and O–H groups in total. The summed E-state index contributed by atoms with van der Waals surface area (Å²) >= 11 is 0. The normalized spacial score (nSPS) is 19.0. The van der Waals surface area contributed by atoms with Crippen molar-refractivity contribution in [2.45, 2.75) is 31.7 Å². The molecule has 24 heavy (non-hydrogen) atoms. The van der Waals surface area contributed by atoms with Crippen molar-refractivity contribution in [1.82, 2.24) is 10.3 Å². The van der Waals surface area contributed by atoms with Crippen molar-refractivity contribution in [1.29, 1.82) is 0 Å². The van der Waals surface area contributed by atoms with Crippen molar-refractivity contribution in [3.8, 4) is 0 Å². The Morgan fingerprint density at radius 1 is 1.25 bits per heavy atom. The van der Waals surface area contributed by atoms with E-state index >= 15 is 0 Å². The topological polar surface area (TPSA) is 102 Å². The molecule has 6 nitrogen and oxygen atoms in total. The first-order chi connectivity index (χ1) is 11.6. The van der Waals surface area contributed by atoms with Gasteiger partial charge in [-0.3, -0.25) is 19.4 Å². The number of hydrogen-bond acceptors (Lipinski definition) is 4. The Morgan fingerprint density at radius 2 is 2.04 bits per heavy atom. The number of nitrogens with zero attached hydrogens (tertiary/aromatic N) is 1. The summed E-state index contributed by atoms with van der Waals surface area (Å²) in [6.45, 7) is 0. The maximum atomic E-state index is 12.7. The third-order valence-electron chi connectivity index (χ3n) is 4.46. The number of rotatable bonds is 4. The van der Waals surface area contributed by atoms with Crippen LogP contribution in [0.1, 0.15) is 36.0 Å². The lowest BCUT2D eigenvalue weighted by Gasteiger charge is -2.28. The van der Waals surface area contributed by atoms with Crippen molar-refractivity contribution < 1.29 is 14.4 Å². The summed E-state index contributed by atoms with van der Waals surface area (Å²) in [5, 5.41) is 3.55. The predicted molar refractivity (Wildman–Crippen MR) is 89.2 cm³/mol. The molecule has 1 fully saturated rings. The molecule has 0 radical (unpaired) electrons. The van der Waals surface area contributed by atoms with Crippen molar-refractivity contribution in [3.05, 3.63) is 42.1 Å². The van der Waals surface area contributed by atoms with E-state index in [1.807, 2.05) is 12.1 Å². The van der Waals surface area contributed by atoms with Crippen LogP contribution in [0.25, 0.3) is 10.9 Å². The van der Waals surface area contributed by atoms with E-state index in [4.69, 9.17) is 5.73 Å². The van der Waals surface area contributed by atoms with Crippen LogP contribution >= 0.6 is 0 Å². The lowest BCUT2D eigenvalue weighted by Crippen LogP contribution is -2.50. The number of fused-ring (bicyclic) bond motifs is 1. The third-order valence-corrected chi connectivity index (χ3v) is 4.46. The van der Waals surface area contributed by atoms with E-state index in [2.05, 4.69) is 10.3 Å². The summed E-state index contributed by atoms with van der Waals surface area (Å²) in [4.78, 5) is 40.4. The lowest BCUT2D eigenvalue weighted by molar-refractivity contribution is -0.124. The zero-order valence-electron chi connectivity index (χ0n) is 13.2. The van der Waals surface area contributed by atoms with Gasteiger partial charge < -0.3 is 11.1 Å². The highest BCUT2D eigenvalue weighted by Gasteiger charge is 2.32. The van der Waals surface area contributed by atoms with Gasteiger partial charge in [0.15, 0.2) is 0 Å². The van der Waals surface area contributed by atoms with Gasteiger partial charge in [-0.2, -0.15) is 0 Å². The first-order valence-corrected chi connectivity index (χ1v) is 8.02. The largest absolute Gasteiger partial charge is 0.368 e. The van der Waals surface area contributed by atoms with Gasteiger partial charge in [-0.15, -0.1) is 0 Å². The molecule has 0 saturated heterocycles. The molecule has 3 rings (SSSR count). The molecule has 0 unspecified atom stereocenters. The minimum atomic E-state index is -0.847. The maximum Gasteiger partial charge on any atom is 0.254 e. The number of hydrogen-bond donors (Lipinski definition) is 2. The molecule has 0 aliphatic heterocycles. The standard InChI is InChI=1S/C18H19N3O3/c19-17(23)16(12-5-1-7-13(22)10-12)21-18(24)14-8-2-4-11-6-3-9-20-15(11)14/h2-4,6,8-9,12,16H,1,5,7,10H2,(H2,19,23)(H,21,24)/t12-,16-/m1/s1. The molecular formula is C18H19N3O3. The number of carbonyl (C=O) groups excluding carboxylic acids is 3. The highest BCUT2D eigenvalue weighted by Crippen LogP contribution is 2.25. The molecule has 1 heterocycles. The van der Waals surface area contributed by atoms with Crippen LogP contribution < -0.4 is 11.1 Å². The van der Waals surface area contributed by atoms with Crippen LogP contribution in [-0.2, 0) is 9.59 Å². The van der Waals surface area contributed by atoms with Crippen LogP contribution in [0.5, 0.6) is 0 Å². The van der Waals surface area contributed by atoms with E-state index < -0.39 is 17.9 Å². The molecule has 1 aromatic heterocycles. The van der Waals surface area contributed by atoms with Gasteiger partial charge in [0, 0.05) is 24.4 Å². The van der Waals surface area contributed by atoms with E-state index in [-0.39, 0.29) is 18.1 Å². The number of aromatic nitrogens is 1. The number of primary amides is 1. The molecule has 2 atom stereocenters. The molecule has 6 heteroatoms. The predicted octanol–water partition coefficient (Wildman–Crippen LogP) is 1.58. The Bertz CT molecular complexity index is 798. The fourth-order valence-corrected chi connectivity index (χ4v) is 3.27. The van der Waals surface area contributed by atoms with E-state index in [0.717, 1.165) is 11.8 Å². The van der Waals surface area contributed by atoms with Gasteiger partial charge in [-0.05, 0) is 30.9 Å². The molecule has 0 spiro atoms. The summed E-state index contributed by atoms with van der Waals surface area (Å²) in [5.74, 6) is -1.15. The molecule has 0 bridgehead atoms. The van der Waals surface area contributed by atoms with Gasteiger partial charge in [0.2, 0.25) is 5.91 Å². The van der Waals surface area contributed by atoms with Crippen molar-refractivity contribution >= 4 is 28.5 Å². The summed E-state index contributed by atoms with van der Waals surface area (Å²) in [7, 11) is 0. The highest BCUT2D eigenvalue weighted by molar-refractivity contribution is 6.06. The first-order valence-electron chi connectivity index (χ1n) is 8.02. The van der Waals surface area contributed by atoms with Gasteiger partial charge in [0.1, 0.15) is 11.8 Å². The number of nitrogens with two attached hydrogens (primary N) is 1. The van der Waals surface area contributed by atoms with Crippen LogP contribution in [0.15, 0.2) is 36.5 Å². The van der Waals surface area contributed by atoms with E-state index in [9.17, 15) is 14.4 Å². The summed E-state index contributed by atoms with van der Waals surface area (Å²) in [5.41, 5.74) is 6.43. The summed E-state index contributed by atoms with van der Waals surface area (Å²) in [6.07, 6.45) is 3.85. The van der Waals surface area contributed by atoms with Crippen molar-refractivity contribution in [2.24, 2.45) is 11.7 Å². The van der Waals surface area contributed by atoms with Gasteiger partial charge in [-0.1, -0.05) is 18.2 Å². The second-order valence-electron chi connectivity index (χ2n) is 6.13. The quantitative estimate of drug-likeness (QED) is 0.891. The fourth-order valence-electron chi connectivity index (χ4n) is 3.27. The van der Waals surface area contributed by atoms with Crippen LogP contribution in [0.4, 0.5) is 0 Å². The number of amides is 2. The number of ketones is 1. The van der Waals surface area contributed by atoms with Crippen LogP contribution in [0.2, 0.25) is 0 Å². The molecule has 124 valence electrons. The van der Waals surface area contributed by atoms with Gasteiger partial charge in [-0.25, -0.2) is 0 Å². The second kappa shape index (κ2) is 6.78. The minimum Gasteiger partial charge on any atom is -0.368 e. The number of nitrogens with one attached hydrogen (secondary N) is 1. The number of carbonyl (C=O) groups is 3. The molecular weight excluding hydrogens is 306 g/mol. The highest BCUT2D eigenvalue weighted by atomic mass is 16.2. The zero-order valence-corrected chi connectivity index (χ0v) is 13.2. The van der Waals surface area contributed by atoms with E-state index in [0.29, 0.717) is 23.9 Å². The van der Waals surface area contributed by atoms with Crippen molar-refractivity contribution in [2.75, 3.05) is 0 Å². The summed E-state index contributed by atoms with van der Waals surface area (Å²) in [6, 6.07) is 8.11. The Balaban J connectivity index is 1.85. The van der Waals surface area contributed by atoms with Gasteiger partial charge in [0.05, 0.1) is 11.1 Å². The molecule has 1 aromatic carbocycles. The van der Waals surface area contributed by atoms with Crippen LogP contribution in [0, 0.1) is 5.92 Å². The fraction of sp³-hybridized carbons (Fsp3) is 0.333. The SMILES string of the molecule is NC(=O)[C@H](NC(=O)c1cccc2cccnc12)[C@@H]1CCCC(=O)C1. The zero-order chi connectivity index (χ0) is 17.1. The smallest absolute Gasteiger partial charge is 0.254 e. The molecule has 2 amide bonds. The Kier molecular flexibility index (Phi) is 4.55. The molecule has 2 aromatic rings. The van der Waals surface area contributed by atoms with Crippen molar-refractivity contribution in [3.63, 3.8) is 0 Å². The minimum absolute atomic E-state index is 0.110. The van der Waals surface area contributed by atoms with Gasteiger partial charge >= 0.3 is 0 Å². The lowest BCUT2D eigenvalue weighted by atomic mass is 9.82. The Morgan fingerprint density at radius 3 is 2.79 bits per heavy atom. The Hall–Kier alpha value is -2.76. The maximum absolute atomic E-state index is 12.7. The number of para-hydroxylation sites is 1. The Labute approximate surface area is 139 Å². The van der Waals surface area contributed by atoms with Crippen LogP contribution in [0.3, 0.4) is 0 Å². The number of Topliss-reactive ketones (excluding diaryl/α,β-unsaturated/α-hetero) is 1. The van der Waals surface area contributed by atoms with Gasteiger partial charge in [0.25, 0.3) is 5.91 Å². The average molecular weight is 325 g/mol. The molecule has 1 aliphatic rings. The number of benzene rings is 1. The third kappa shape index (κ3) is 3.27. The average Bonchev–Trinajstić information content (AvgIpc) is 2.58. The second-order valence-corrected chi connectivity index (χ2v) is 6.13. The van der Waals surface area contributed by atoms with Crippen LogP contribution in [-0.4, -0.2) is 28.6 Å². The number of pyridine rings is 1. The molecule has 1 saturated carbocycles. The first kappa shape index (κ1) is 16.1. The van der Waals surface area contributed by atoms with E-state index in [1.54, 1.807) is 24.4 Å². The molecule has 1 aliphatic carbocycles.